The van der Waals surface area contributed by atoms with Crippen molar-refractivity contribution in [3.05, 3.63) is 140 Å². The molecule has 9 aromatic rings. The fourth-order valence-corrected chi connectivity index (χ4v) is 6.23. The van der Waals surface area contributed by atoms with Crippen LogP contribution in [0.4, 0.5) is 0 Å². The van der Waals surface area contributed by atoms with Gasteiger partial charge in [-0.05, 0) is 36.4 Å². The van der Waals surface area contributed by atoms with Crippen LogP contribution in [0, 0.1) is 0 Å². The van der Waals surface area contributed by atoms with Gasteiger partial charge in [0.05, 0.1) is 16.7 Å². The Labute approximate surface area is 251 Å². The van der Waals surface area contributed by atoms with Crippen molar-refractivity contribution in [2.24, 2.45) is 0 Å². The van der Waals surface area contributed by atoms with E-state index >= 15 is 0 Å². The predicted molar refractivity (Wildman–Crippen MR) is 176 cm³/mol. The van der Waals surface area contributed by atoms with Crippen LogP contribution < -0.4 is 0 Å². The van der Waals surface area contributed by atoms with Gasteiger partial charge in [0.15, 0.2) is 17.5 Å². The summed E-state index contributed by atoms with van der Waals surface area (Å²) in [5.74, 6) is 1.77. The fraction of sp³-hybridized carbons (Fsp3) is 0. The summed E-state index contributed by atoms with van der Waals surface area (Å²) in [7, 11) is 0. The highest BCUT2D eigenvalue weighted by atomic mass is 16.3. The number of hydrogen-bond donors (Lipinski definition) is 0. The second-order valence-electron chi connectivity index (χ2n) is 10.7. The Morgan fingerprint density at radius 2 is 1.11 bits per heavy atom. The van der Waals surface area contributed by atoms with Gasteiger partial charge in [0.2, 0.25) is 0 Å². The number of aromatic nitrogens is 5. The van der Waals surface area contributed by atoms with Crippen LogP contribution in [-0.2, 0) is 0 Å². The smallest absolute Gasteiger partial charge is 0.166 e. The number of benzene rings is 5. The third-order valence-corrected chi connectivity index (χ3v) is 8.17. The minimum absolute atomic E-state index is 0.572. The highest BCUT2D eigenvalue weighted by molar-refractivity contribution is 6.12. The zero-order valence-electron chi connectivity index (χ0n) is 23.4. The normalized spacial score (nSPS) is 11.6. The quantitative estimate of drug-likeness (QED) is 0.213. The van der Waals surface area contributed by atoms with E-state index in [9.17, 15) is 0 Å². The Morgan fingerprint density at radius 1 is 0.477 bits per heavy atom. The molecule has 6 nitrogen and oxygen atoms in total. The molecule has 0 spiro atoms. The van der Waals surface area contributed by atoms with Crippen molar-refractivity contribution in [1.29, 1.82) is 0 Å². The maximum Gasteiger partial charge on any atom is 0.166 e. The van der Waals surface area contributed by atoms with E-state index in [4.69, 9.17) is 19.4 Å². The highest BCUT2D eigenvalue weighted by Gasteiger charge is 2.20. The Morgan fingerprint density at radius 3 is 1.91 bits per heavy atom. The van der Waals surface area contributed by atoms with Crippen LogP contribution in [-0.4, -0.2) is 24.5 Å². The molecule has 0 fully saturated rings. The lowest BCUT2D eigenvalue weighted by Crippen LogP contribution is -2.03. The van der Waals surface area contributed by atoms with Crippen molar-refractivity contribution < 1.29 is 4.42 Å². The lowest BCUT2D eigenvalue weighted by atomic mass is 10.1. The summed E-state index contributed by atoms with van der Waals surface area (Å²) in [6.45, 7) is 0. The average molecular weight is 566 g/mol. The summed E-state index contributed by atoms with van der Waals surface area (Å²) in [6, 6.07) is 43.3. The van der Waals surface area contributed by atoms with Crippen molar-refractivity contribution in [3.8, 4) is 39.9 Å². The Kier molecular flexibility index (Phi) is 5.40. The molecule has 0 radical (unpaired) electrons. The first-order chi connectivity index (χ1) is 21.8. The van der Waals surface area contributed by atoms with Gasteiger partial charge in [0.25, 0.3) is 0 Å². The number of hydrogen-bond acceptors (Lipinski definition) is 5. The van der Waals surface area contributed by atoms with Crippen molar-refractivity contribution in [1.82, 2.24) is 24.5 Å². The van der Waals surface area contributed by atoms with Gasteiger partial charge in [-0.1, -0.05) is 91.0 Å². The minimum atomic E-state index is 0.572. The van der Waals surface area contributed by atoms with E-state index in [0.717, 1.165) is 55.3 Å². The highest BCUT2D eigenvalue weighted by Crippen LogP contribution is 2.38. The topological polar surface area (TPSA) is 69.6 Å². The van der Waals surface area contributed by atoms with Crippen LogP contribution in [0.15, 0.2) is 144 Å². The molecular weight excluding hydrogens is 542 g/mol. The SMILES string of the molecule is c1ccc(-c2nc(-c3ccccc3-n3c4ccccc4c4ccccc43)nc(-c3cccc4oc5ccncc5c34)n2)cc1. The molecule has 0 aliphatic heterocycles. The molecule has 0 aliphatic carbocycles. The van der Waals surface area contributed by atoms with Gasteiger partial charge in [-0.3, -0.25) is 4.98 Å². The molecule has 0 atom stereocenters. The van der Waals surface area contributed by atoms with Crippen LogP contribution in [0.3, 0.4) is 0 Å². The summed E-state index contributed by atoms with van der Waals surface area (Å²) in [5, 5.41) is 4.26. The van der Waals surface area contributed by atoms with Gasteiger partial charge in [-0.25, -0.2) is 15.0 Å². The van der Waals surface area contributed by atoms with Gasteiger partial charge in [0.1, 0.15) is 11.2 Å². The summed E-state index contributed by atoms with van der Waals surface area (Å²) < 4.78 is 8.49. The standard InChI is InChI=1S/C38H23N5O/c1-2-11-24(12-3-1)36-40-37(42-38(41-36)28-16-10-20-34-35(28)29-23-39-22-21-33(29)44-34)27-15-6-9-19-32(27)43-30-17-7-4-13-25(30)26-14-5-8-18-31(26)43/h1-23H. The first-order valence-corrected chi connectivity index (χ1v) is 14.5. The third kappa shape index (κ3) is 3.75. The molecule has 5 aromatic carbocycles. The maximum atomic E-state index is 6.18. The number of pyridine rings is 1. The lowest BCUT2D eigenvalue weighted by molar-refractivity contribution is 0.668. The second kappa shape index (κ2) is 9.71. The molecule has 4 heterocycles. The van der Waals surface area contributed by atoms with E-state index in [1.165, 1.54) is 10.8 Å². The molecule has 206 valence electrons. The van der Waals surface area contributed by atoms with E-state index in [0.29, 0.717) is 17.5 Å². The van der Waals surface area contributed by atoms with Gasteiger partial charge in [0, 0.05) is 50.6 Å². The molecule has 4 aromatic heterocycles. The van der Waals surface area contributed by atoms with Crippen LogP contribution in [0.1, 0.15) is 0 Å². The summed E-state index contributed by atoms with van der Waals surface area (Å²) in [6.07, 6.45) is 3.58. The molecule has 6 heteroatoms. The predicted octanol–water partition coefficient (Wildman–Crippen LogP) is 9.26. The number of furan rings is 1. The second-order valence-corrected chi connectivity index (χ2v) is 10.7. The van der Waals surface area contributed by atoms with Gasteiger partial charge >= 0.3 is 0 Å². The molecule has 0 bridgehead atoms. The number of fused-ring (bicyclic) bond motifs is 6. The third-order valence-electron chi connectivity index (χ3n) is 8.17. The van der Waals surface area contributed by atoms with Crippen LogP contribution in [0.25, 0.3) is 83.6 Å². The zero-order valence-corrected chi connectivity index (χ0v) is 23.4. The average Bonchev–Trinajstić information content (AvgIpc) is 3.64. The van der Waals surface area contributed by atoms with Crippen molar-refractivity contribution in [2.75, 3.05) is 0 Å². The number of nitrogens with zero attached hydrogens (tertiary/aromatic N) is 5. The Hall–Kier alpha value is -6.14. The Bertz CT molecular complexity index is 2460. The van der Waals surface area contributed by atoms with E-state index < -0.39 is 0 Å². The molecule has 0 N–H and O–H groups in total. The van der Waals surface area contributed by atoms with E-state index in [1.807, 2.05) is 66.9 Å². The lowest BCUT2D eigenvalue weighted by Gasteiger charge is -2.14. The van der Waals surface area contributed by atoms with Crippen molar-refractivity contribution in [3.63, 3.8) is 0 Å². The van der Waals surface area contributed by atoms with Crippen LogP contribution >= 0.6 is 0 Å². The van der Waals surface area contributed by atoms with Crippen molar-refractivity contribution in [2.45, 2.75) is 0 Å². The van der Waals surface area contributed by atoms with E-state index in [-0.39, 0.29) is 0 Å². The zero-order chi connectivity index (χ0) is 29.0. The number of para-hydroxylation sites is 3. The molecule has 0 aliphatic rings. The molecule has 0 saturated carbocycles. The van der Waals surface area contributed by atoms with Crippen LogP contribution in [0.2, 0.25) is 0 Å². The summed E-state index contributed by atoms with van der Waals surface area (Å²) in [5.41, 5.74) is 7.47. The largest absolute Gasteiger partial charge is 0.456 e. The van der Waals surface area contributed by atoms with E-state index in [1.54, 1.807) is 6.20 Å². The number of rotatable bonds is 4. The Balaban J connectivity index is 1.35. The minimum Gasteiger partial charge on any atom is -0.456 e. The van der Waals surface area contributed by atoms with Gasteiger partial charge in [-0.15, -0.1) is 0 Å². The van der Waals surface area contributed by atoms with Crippen molar-refractivity contribution >= 4 is 43.7 Å². The van der Waals surface area contributed by atoms with E-state index in [2.05, 4.69) is 76.3 Å². The molecule has 9 rings (SSSR count). The molecule has 0 saturated heterocycles. The fourth-order valence-electron chi connectivity index (χ4n) is 6.23. The first-order valence-electron chi connectivity index (χ1n) is 14.5. The molecule has 0 unspecified atom stereocenters. The van der Waals surface area contributed by atoms with Crippen LogP contribution in [0.5, 0.6) is 0 Å². The summed E-state index contributed by atoms with van der Waals surface area (Å²) in [4.78, 5) is 19.7. The monoisotopic (exact) mass is 565 g/mol. The van der Waals surface area contributed by atoms with Gasteiger partial charge in [-0.2, -0.15) is 0 Å². The molecule has 0 amide bonds. The first kappa shape index (κ1) is 24.5. The molecular formula is C38H23N5O. The maximum absolute atomic E-state index is 6.18. The van der Waals surface area contributed by atoms with Gasteiger partial charge < -0.3 is 8.98 Å². The molecule has 44 heavy (non-hydrogen) atoms. The summed E-state index contributed by atoms with van der Waals surface area (Å²) >= 11 is 0.